The van der Waals surface area contributed by atoms with E-state index in [2.05, 4.69) is 5.32 Å². The number of para-hydroxylation sites is 2. The maximum Gasteiger partial charge on any atom is 0.282 e. The number of hydrogen-bond acceptors (Lipinski definition) is 8. The van der Waals surface area contributed by atoms with Crippen molar-refractivity contribution in [3.63, 3.8) is 0 Å². The van der Waals surface area contributed by atoms with Crippen LogP contribution in [0.5, 0.6) is 0 Å². The van der Waals surface area contributed by atoms with Gasteiger partial charge < -0.3 is 35.9 Å². The molecule has 0 bridgehead atoms. The van der Waals surface area contributed by atoms with E-state index in [9.17, 15) is 30.0 Å². The molecule has 0 aliphatic heterocycles. The molecule has 3 aromatic rings. The van der Waals surface area contributed by atoms with Gasteiger partial charge in [-0.15, -0.1) is 0 Å². The Balaban J connectivity index is 1.95. The molecule has 0 saturated carbocycles. The summed E-state index contributed by atoms with van der Waals surface area (Å²) in [5.41, 5.74) is 0.196. The third kappa shape index (κ3) is 5.38. The highest BCUT2D eigenvalue weighted by Gasteiger charge is 2.31. The molecular formula is C23H27N3O7. The fraction of sp³-hybridized carbons (Fsp3) is 0.304. The second-order valence-electron chi connectivity index (χ2n) is 7.69. The van der Waals surface area contributed by atoms with Gasteiger partial charge >= 0.3 is 0 Å². The van der Waals surface area contributed by atoms with Gasteiger partial charge in [-0.2, -0.15) is 0 Å². The van der Waals surface area contributed by atoms with E-state index in [0.717, 1.165) is 0 Å². The number of benzene rings is 2. The van der Waals surface area contributed by atoms with Crippen LogP contribution in [0.25, 0.3) is 10.9 Å². The molecular weight excluding hydrogens is 430 g/mol. The Morgan fingerprint density at radius 2 is 1.58 bits per heavy atom. The van der Waals surface area contributed by atoms with Crippen LogP contribution in [0.3, 0.4) is 0 Å². The van der Waals surface area contributed by atoms with Crippen molar-refractivity contribution in [1.29, 1.82) is 0 Å². The number of pyridine rings is 1. The predicted octanol–water partition coefficient (Wildman–Crippen LogP) is -0.742. The SMILES string of the molecule is CN(CC(O)C(O)C(O)C(O)CO)n1c(=O)c(C(=O)Nc2ccccc2)cc2ccccc21. The largest absolute Gasteiger partial charge is 0.394 e. The Morgan fingerprint density at radius 3 is 2.24 bits per heavy atom. The Hall–Kier alpha value is -3.28. The smallest absolute Gasteiger partial charge is 0.282 e. The maximum atomic E-state index is 13.3. The fourth-order valence-corrected chi connectivity index (χ4v) is 3.49. The lowest BCUT2D eigenvalue weighted by atomic mass is 10.0. The van der Waals surface area contributed by atoms with Crippen molar-refractivity contribution >= 4 is 22.5 Å². The van der Waals surface area contributed by atoms with Gasteiger partial charge in [-0.05, 0) is 24.3 Å². The fourth-order valence-electron chi connectivity index (χ4n) is 3.49. The van der Waals surface area contributed by atoms with Gasteiger partial charge in [0, 0.05) is 18.1 Å². The number of nitrogens with zero attached hydrogens (tertiary/aromatic N) is 2. The van der Waals surface area contributed by atoms with Crippen molar-refractivity contribution in [3.05, 3.63) is 76.6 Å². The molecule has 10 nitrogen and oxygen atoms in total. The molecule has 1 aromatic heterocycles. The van der Waals surface area contributed by atoms with Crippen molar-refractivity contribution in [3.8, 4) is 0 Å². The van der Waals surface area contributed by atoms with Crippen LogP contribution >= 0.6 is 0 Å². The maximum absolute atomic E-state index is 13.3. The molecule has 33 heavy (non-hydrogen) atoms. The van der Waals surface area contributed by atoms with Crippen LogP contribution in [0, 0.1) is 0 Å². The first-order valence-electron chi connectivity index (χ1n) is 10.3. The van der Waals surface area contributed by atoms with Crippen LogP contribution in [-0.4, -0.2) is 80.7 Å². The molecule has 1 amide bonds. The highest BCUT2D eigenvalue weighted by Crippen LogP contribution is 2.16. The summed E-state index contributed by atoms with van der Waals surface area (Å²) in [6.07, 6.45) is -6.82. The van der Waals surface area contributed by atoms with Gasteiger partial charge in [0.05, 0.1) is 18.7 Å². The monoisotopic (exact) mass is 457 g/mol. The first kappa shape index (κ1) is 24.4. The lowest BCUT2D eigenvalue weighted by molar-refractivity contribution is -0.113. The quantitative estimate of drug-likeness (QED) is 0.245. The van der Waals surface area contributed by atoms with E-state index in [1.54, 1.807) is 54.6 Å². The Morgan fingerprint density at radius 1 is 0.970 bits per heavy atom. The minimum absolute atomic E-state index is 0.129. The lowest BCUT2D eigenvalue weighted by Crippen LogP contribution is -2.52. The number of nitrogens with one attached hydrogen (secondary N) is 1. The summed E-state index contributed by atoms with van der Waals surface area (Å²) in [5, 5.41) is 53.4. The van der Waals surface area contributed by atoms with E-state index < -0.39 is 42.5 Å². The van der Waals surface area contributed by atoms with E-state index in [0.29, 0.717) is 16.6 Å². The summed E-state index contributed by atoms with van der Waals surface area (Å²) in [6, 6.07) is 17.0. The highest BCUT2D eigenvalue weighted by molar-refractivity contribution is 6.05. The number of hydrogen-bond donors (Lipinski definition) is 6. The molecule has 0 fully saturated rings. The number of aromatic nitrogens is 1. The van der Waals surface area contributed by atoms with Crippen molar-refractivity contribution in [2.45, 2.75) is 24.4 Å². The van der Waals surface area contributed by atoms with E-state index in [-0.39, 0.29) is 12.1 Å². The Labute approximate surface area is 189 Å². The molecule has 0 saturated heterocycles. The van der Waals surface area contributed by atoms with Crippen molar-refractivity contribution in [1.82, 2.24) is 4.68 Å². The van der Waals surface area contributed by atoms with Crippen molar-refractivity contribution in [2.75, 3.05) is 30.5 Å². The number of likely N-dealkylation sites (N-methyl/N-ethyl adjacent to an activating group) is 1. The number of aliphatic hydroxyl groups is 5. The zero-order valence-corrected chi connectivity index (χ0v) is 17.9. The summed E-state index contributed by atoms with van der Waals surface area (Å²) in [4.78, 5) is 26.2. The van der Waals surface area contributed by atoms with Crippen LogP contribution in [0.4, 0.5) is 5.69 Å². The third-order valence-electron chi connectivity index (χ3n) is 5.28. The van der Waals surface area contributed by atoms with Gasteiger partial charge in [-0.1, -0.05) is 36.4 Å². The molecule has 0 aliphatic carbocycles. The molecule has 1 heterocycles. The molecule has 6 N–H and O–H groups in total. The van der Waals surface area contributed by atoms with E-state index in [4.69, 9.17) is 5.11 Å². The van der Waals surface area contributed by atoms with Crippen LogP contribution in [0.2, 0.25) is 0 Å². The average molecular weight is 457 g/mol. The van der Waals surface area contributed by atoms with Gasteiger partial charge in [0.2, 0.25) is 0 Å². The van der Waals surface area contributed by atoms with E-state index in [1.807, 2.05) is 0 Å². The molecule has 4 atom stereocenters. The lowest BCUT2D eigenvalue weighted by Gasteiger charge is -2.31. The van der Waals surface area contributed by atoms with Gasteiger partial charge in [0.15, 0.2) is 0 Å². The zero-order valence-electron chi connectivity index (χ0n) is 17.9. The summed E-state index contributed by atoms with van der Waals surface area (Å²) >= 11 is 0. The second kappa shape index (κ2) is 10.6. The molecule has 0 radical (unpaired) electrons. The van der Waals surface area contributed by atoms with Crippen LogP contribution in [0.15, 0.2) is 65.5 Å². The molecule has 10 heteroatoms. The molecule has 2 aromatic carbocycles. The van der Waals surface area contributed by atoms with Gasteiger partial charge in [-0.25, -0.2) is 4.68 Å². The Bertz CT molecular complexity index is 1150. The normalized spacial score (nSPS) is 15.0. The summed E-state index contributed by atoms with van der Waals surface area (Å²) in [6.45, 7) is -1.13. The number of amides is 1. The zero-order chi connectivity index (χ0) is 24.1. The standard InChI is InChI=1S/C23H27N3O7/c1-25(12-18(28)20(30)21(31)19(29)13-27)26-17-10-6-5-7-14(17)11-16(23(26)33)22(32)24-15-8-3-2-4-9-15/h2-11,18-21,27-31H,12-13H2,1H3,(H,24,32). The van der Waals surface area contributed by atoms with Crippen LogP contribution in [-0.2, 0) is 0 Å². The number of rotatable bonds is 9. The minimum atomic E-state index is -1.80. The molecule has 3 rings (SSSR count). The van der Waals surface area contributed by atoms with Gasteiger partial charge in [0.25, 0.3) is 11.5 Å². The number of carbonyl (C=O) groups excluding carboxylic acids is 1. The van der Waals surface area contributed by atoms with Crippen LogP contribution in [0.1, 0.15) is 10.4 Å². The molecule has 176 valence electrons. The first-order chi connectivity index (χ1) is 15.7. The summed E-state index contributed by atoms with van der Waals surface area (Å²) < 4.78 is 1.19. The number of carbonyl (C=O) groups is 1. The first-order valence-corrected chi connectivity index (χ1v) is 10.3. The number of anilines is 1. The molecule has 4 unspecified atom stereocenters. The molecule has 0 spiro atoms. The third-order valence-corrected chi connectivity index (χ3v) is 5.28. The molecule has 0 aliphatic rings. The number of fused-ring (bicyclic) bond motifs is 1. The van der Waals surface area contributed by atoms with Gasteiger partial charge in [0.1, 0.15) is 30.0 Å². The Kier molecular flexibility index (Phi) is 7.79. The predicted molar refractivity (Wildman–Crippen MR) is 123 cm³/mol. The minimum Gasteiger partial charge on any atom is -0.394 e. The highest BCUT2D eigenvalue weighted by atomic mass is 16.4. The topological polar surface area (TPSA) is 155 Å². The second-order valence-corrected chi connectivity index (χ2v) is 7.69. The average Bonchev–Trinajstić information content (AvgIpc) is 2.82. The van der Waals surface area contributed by atoms with Crippen molar-refractivity contribution < 1.29 is 30.3 Å². The van der Waals surface area contributed by atoms with Crippen molar-refractivity contribution in [2.24, 2.45) is 0 Å². The number of aliphatic hydroxyl groups excluding tert-OH is 5. The van der Waals surface area contributed by atoms with Gasteiger partial charge in [-0.3, -0.25) is 9.59 Å². The van der Waals surface area contributed by atoms with E-state index in [1.165, 1.54) is 22.8 Å². The summed E-state index contributed by atoms with van der Waals surface area (Å²) in [5.74, 6) is -0.610. The van der Waals surface area contributed by atoms with Crippen LogP contribution < -0.4 is 15.9 Å². The summed E-state index contributed by atoms with van der Waals surface area (Å²) in [7, 11) is 1.47. The van der Waals surface area contributed by atoms with E-state index >= 15 is 0 Å².